The van der Waals surface area contributed by atoms with Crippen molar-refractivity contribution in [1.82, 2.24) is 9.88 Å². The predicted octanol–water partition coefficient (Wildman–Crippen LogP) is 3.49. The number of amides is 1. The molecule has 0 N–H and O–H groups in total. The van der Waals surface area contributed by atoms with E-state index in [1.54, 1.807) is 18.2 Å². The first-order chi connectivity index (χ1) is 12.9. The van der Waals surface area contributed by atoms with E-state index in [9.17, 15) is 13.2 Å². The van der Waals surface area contributed by atoms with Crippen LogP contribution in [0.25, 0.3) is 0 Å². The average molecular weight is 387 g/mol. The van der Waals surface area contributed by atoms with Crippen molar-refractivity contribution in [3.05, 3.63) is 59.4 Å². The van der Waals surface area contributed by atoms with Gasteiger partial charge < -0.3 is 4.90 Å². The molecule has 0 spiro atoms. The van der Waals surface area contributed by atoms with Gasteiger partial charge >= 0.3 is 0 Å². The second kappa shape index (κ2) is 8.21. The van der Waals surface area contributed by atoms with Crippen LogP contribution in [0.2, 0.25) is 0 Å². The van der Waals surface area contributed by atoms with Crippen LogP contribution in [0.4, 0.5) is 0 Å². The molecule has 0 aliphatic carbocycles. The Morgan fingerprint density at radius 2 is 1.89 bits per heavy atom. The normalized spacial score (nSPS) is 15.7. The van der Waals surface area contributed by atoms with Gasteiger partial charge in [-0.1, -0.05) is 32.0 Å². The van der Waals surface area contributed by atoms with E-state index in [4.69, 9.17) is 0 Å². The molecule has 5 nitrogen and oxygen atoms in total. The van der Waals surface area contributed by atoms with E-state index in [1.165, 1.54) is 12.4 Å². The van der Waals surface area contributed by atoms with Gasteiger partial charge in [0.1, 0.15) is 0 Å². The van der Waals surface area contributed by atoms with Crippen LogP contribution in [-0.4, -0.2) is 37.3 Å². The highest BCUT2D eigenvalue weighted by Crippen LogP contribution is 2.22. The van der Waals surface area contributed by atoms with E-state index in [2.05, 4.69) is 11.9 Å². The summed E-state index contributed by atoms with van der Waals surface area (Å²) in [5.41, 5.74) is 1.80. The molecule has 0 bridgehead atoms. The SMILES string of the molecule is CCc1ccccc1S(=O)(=O)Cc1cncc(C(=O)N2CCC(C)CC2)c1. The van der Waals surface area contributed by atoms with Crippen molar-refractivity contribution >= 4 is 15.7 Å². The average Bonchev–Trinajstić information content (AvgIpc) is 2.68. The van der Waals surface area contributed by atoms with Gasteiger partial charge in [0.2, 0.25) is 0 Å². The number of carbonyl (C=O) groups excluding carboxylic acids is 1. The number of hydrogen-bond donors (Lipinski definition) is 0. The van der Waals surface area contributed by atoms with Crippen LogP contribution in [0.3, 0.4) is 0 Å². The van der Waals surface area contributed by atoms with Crippen LogP contribution in [0, 0.1) is 5.92 Å². The molecule has 144 valence electrons. The monoisotopic (exact) mass is 386 g/mol. The fraction of sp³-hybridized carbons (Fsp3) is 0.429. The third-order valence-electron chi connectivity index (χ3n) is 5.16. The second-order valence-corrected chi connectivity index (χ2v) is 9.23. The highest BCUT2D eigenvalue weighted by Gasteiger charge is 2.23. The highest BCUT2D eigenvalue weighted by molar-refractivity contribution is 7.90. The number of piperidine rings is 1. The lowest BCUT2D eigenvalue weighted by molar-refractivity contribution is 0.0696. The Morgan fingerprint density at radius 1 is 1.19 bits per heavy atom. The van der Waals surface area contributed by atoms with Gasteiger partial charge in [-0.05, 0) is 48.4 Å². The van der Waals surface area contributed by atoms with Gasteiger partial charge in [0, 0.05) is 25.5 Å². The summed E-state index contributed by atoms with van der Waals surface area (Å²) in [7, 11) is -3.50. The molecule has 1 saturated heterocycles. The molecular weight excluding hydrogens is 360 g/mol. The zero-order chi connectivity index (χ0) is 19.4. The Labute approximate surface area is 161 Å². The number of aryl methyl sites for hydroxylation is 1. The van der Waals surface area contributed by atoms with Crippen LogP contribution in [0.15, 0.2) is 47.6 Å². The third kappa shape index (κ3) is 4.56. The molecule has 0 atom stereocenters. The molecule has 1 aromatic carbocycles. The number of likely N-dealkylation sites (tertiary alicyclic amines) is 1. The molecule has 1 aliphatic rings. The molecular formula is C21H26N2O3S. The predicted molar refractivity (Wildman–Crippen MR) is 105 cm³/mol. The van der Waals surface area contributed by atoms with Gasteiger partial charge in [0.05, 0.1) is 16.2 Å². The van der Waals surface area contributed by atoms with Gasteiger partial charge in [0.15, 0.2) is 9.84 Å². The zero-order valence-corrected chi connectivity index (χ0v) is 16.7. The number of hydrogen-bond acceptors (Lipinski definition) is 4. The maximum Gasteiger partial charge on any atom is 0.255 e. The smallest absolute Gasteiger partial charge is 0.255 e. The molecule has 27 heavy (non-hydrogen) atoms. The van der Waals surface area contributed by atoms with Crippen LogP contribution >= 0.6 is 0 Å². The number of sulfone groups is 1. The minimum Gasteiger partial charge on any atom is -0.339 e. The Morgan fingerprint density at radius 3 is 2.59 bits per heavy atom. The Kier molecular flexibility index (Phi) is 5.95. The van der Waals surface area contributed by atoms with Gasteiger partial charge in [0.25, 0.3) is 5.91 Å². The summed E-state index contributed by atoms with van der Waals surface area (Å²) in [6.07, 6.45) is 5.71. The van der Waals surface area contributed by atoms with Crippen molar-refractivity contribution in [3.8, 4) is 0 Å². The topological polar surface area (TPSA) is 67.3 Å². The summed E-state index contributed by atoms with van der Waals surface area (Å²) in [6.45, 7) is 5.62. The summed E-state index contributed by atoms with van der Waals surface area (Å²) in [6, 6.07) is 8.73. The summed E-state index contributed by atoms with van der Waals surface area (Å²) < 4.78 is 25.8. The Hall–Kier alpha value is -2.21. The minimum absolute atomic E-state index is 0.0670. The first kappa shape index (κ1) is 19.5. The van der Waals surface area contributed by atoms with Gasteiger partial charge in [-0.2, -0.15) is 0 Å². The lowest BCUT2D eigenvalue weighted by Gasteiger charge is -2.30. The van der Waals surface area contributed by atoms with Crippen molar-refractivity contribution < 1.29 is 13.2 Å². The molecule has 1 aromatic heterocycles. The Bertz CT molecular complexity index is 917. The van der Waals surface area contributed by atoms with Crippen LogP contribution in [0.5, 0.6) is 0 Å². The molecule has 0 unspecified atom stereocenters. The lowest BCUT2D eigenvalue weighted by atomic mass is 9.99. The van der Waals surface area contributed by atoms with Crippen molar-refractivity contribution in [1.29, 1.82) is 0 Å². The molecule has 1 amide bonds. The van der Waals surface area contributed by atoms with E-state index >= 15 is 0 Å². The van der Waals surface area contributed by atoms with E-state index in [-0.39, 0.29) is 11.7 Å². The molecule has 0 radical (unpaired) electrons. The summed E-state index contributed by atoms with van der Waals surface area (Å²) in [5.74, 6) is 0.416. The summed E-state index contributed by atoms with van der Waals surface area (Å²) >= 11 is 0. The van der Waals surface area contributed by atoms with Crippen LogP contribution < -0.4 is 0 Å². The fourth-order valence-corrected chi connectivity index (χ4v) is 5.12. The molecule has 2 aromatic rings. The number of carbonyl (C=O) groups is 1. The minimum atomic E-state index is -3.50. The van der Waals surface area contributed by atoms with E-state index in [1.807, 2.05) is 24.0 Å². The largest absolute Gasteiger partial charge is 0.339 e. The van der Waals surface area contributed by atoms with E-state index in [0.717, 1.165) is 31.5 Å². The van der Waals surface area contributed by atoms with E-state index < -0.39 is 9.84 Å². The highest BCUT2D eigenvalue weighted by atomic mass is 32.2. The lowest BCUT2D eigenvalue weighted by Crippen LogP contribution is -2.38. The number of nitrogens with zero attached hydrogens (tertiary/aromatic N) is 2. The van der Waals surface area contributed by atoms with Gasteiger partial charge in [-0.15, -0.1) is 0 Å². The molecule has 6 heteroatoms. The van der Waals surface area contributed by atoms with Crippen molar-refractivity contribution in [2.75, 3.05) is 13.1 Å². The molecule has 1 fully saturated rings. The van der Waals surface area contributed by atoms with Gasteiger partial charge in [-0.25, -0.2) is 8.42 Å². The molecule has 3 rings (SSSR count). The maximum atomic E-state index is 12.9. The maximum absolute atomic E-state index is 12.9. The number of rotatable bonds is 5. The summed E-state index contributed by atoms with van der Waals surface area (Å²) in [5, 5.41) is 0. The van der Waals surface area contributed by atoms with E-state index in [0.29, 0.717) is 28.4 Å². The van der Waals surface area contributed by atoms with Crippen LogP contribution in [-0.2, 0) is 22.0 Å². The van der Waals surface area contributed by atoms with Gasteiger partial charge in [-0.3, -0.25) is 9.78 Å². The zero-order valence-electron chi connectivity index (χ0n) is 15.9. The molecule has 0 saturated carbocycles. The molecule has 1 aliphatic heterocycles. The van der Waals surface area contributed by atoms with Crippen molar-refractivity contribution in [2.45, 2.75) is 43.8 Å². The quantitative estimate of drug-likeness (QED) is 0.789. The first-order valence-electron chi connectivity index (χ1n) is 9.44. The Balaban J connectivity index is 1.80. The number of pyridine rings is 1. The van der Waals surface area contributed by atoms with Crippen molar-refractivity contribution in [2.24, 2.45) is 5.92 Å². The second-order valence-electron chi connectivity index (χ2n) is 7.28. The third-order valence-corrected chi connectivity index (χ3v) is 6.94. The number of benzene rings is 1. The van der Waals surface area contributed by atoms with Crippen molar-refractivity contribution in [3.63, 3.8) is 0 Å². The van der Waals surface area contributed by atoms with Crippen LogP contribution in [0.1, 0.15) is 48.2 Å². The fourth-order valence-electron chi connectivity index (χ4n) is 3.47. The molecule has 2 heterocycles. The first-order valence-corrected chi connectivity index (χ1v) is 11.1. The number of aromatic nitrogens is 1. The standard InChI is InChI=1S/C21H26N2O3S/c1-3-18-6-4-5-7-20(18)27(25,26)15-17-12-19(14-22-13-17)21(24)23-10-8-16(2)9-11-23/h4-7,12-14,16H,3,8-11,15H2,1-2H3. The summed E-state index contributed by atoms with van der Waals surface area (Å²) in [4.78, 5) is 19.0.